The Morgan fingerprint density at radius 3 is 2.88 bits per heavy atom. The Morgan fingerprint density at radius 2 is 2.19 bits per heavy atom. The van der Waals surface area contributed by atoms with Crippen LogP contribution in [0.15, 0.2) is 41.6 Å². The minimum Gasteiger partial charge on any atom is -0.392 e. The Bertz CT molecular complexity index is 528. The minimum atomic E-state index is 0.0666. The van der Waals surface area contributed by atoms with Gasteiger partial charge in [0.2, 0.25) is 0 Å². The first-order valence-electron chi connectivity index (χ1n) is 5.19. The van der Waals surface area contributed by atoms with Gasteiger partial charge in [-0.25, -0.2) is 0 Å². The van der Waals surface area contributed by atoms with Crippen LogP contribution < -0.4 is 0 Å². The van der Waals surface area contributed by atoms with E-state index >= 15 is 0 Å². The van der Waals surface area contributed by atoms with Gasteiger partial charge in [-0.05, 0) is 18.6 Å². The first-order valence-corrected chi connectivity index (χ1v) is 5.63. The summed E-state index contributed by atoms with van der Waals surface area (Å²) in [5.74, 6) is 0. The number of para-hydroxylation sites is 1. The van der Waals surface area contributed by atoms with Gasteiger partial charge in [0, 0.05) is 34.7 Å². The minimum absolute atomic E-state index is 0.0666. The second kappa shape index (κ2) is 4.73. The van der Waals surface area contributed by atoms with Crippen molar-refractivity contribution in [3.05, 3.63) is 47.1 Å². The van der Waals surface area contributed by atoms with E-state index < -0.39 is 0 Å². The van der Waals surface area contributed by atoms with Crippen molar-refractivity contribution in [3.8, 4) is 0 Å². The summed E-state index contributed by atoms with van der Waals surface area (Å²) in [5, 5.41) is 10.4. The molecule has 0 aliphatic heterocycles. The highest BCUT2D eigenvalue weighted by Crippen LogP contribution is 2.22. The summed E-state index contributed by atoms with van der Waals surface area (Å²) in [7, 11) is 0. The van der Waals surface area contributed by atoms with Crippen LogP contribution in [0.2, 0.25) is 0 Å². The lowest BCUT2D eigenvalue weighted by atomic mass is 10.2. The number of hydrogen-bond acceptors (Lipinski definition) is 1. The van der Waals surface area contributed by atoms with Gasteiger partial charge in [0.05, 0.1) is 6.61 Å². The molecule has 0 radical (unpaired) electrons. The van der Waals surface area contributed by atoms with E-state index in [1.54, 1.807) is 5.54 Å². The highest BCUT2D eigenvalue weighted by molar-refractivity contribution is 6.25. The molecule has 0 amide bonds. The van der Waals surface area contributed by atoms with Gasteiger partial charge >= 0.3 is 0 Å². The van der Waals surface area contributed by atoms with Gasteiger partial charge in [-0.1, -0.05) is 29.8 Å². The number of nitrogens with zero attached hydrogens (tertiary/aromatic N) is 1. The molecule has 1 N–H and O–H groups in total. The van der Waals surface area contributed by atoms with Crippen molar-refractivity contribution >= 4 is 22.5 Å². The molecule has 0 aliphatic rings. The topological polar surface area (TPSA) is 25.2 Å². The zero-order valence-electron chi connectivity index (χ0n) is 9.15. The molecule has 1 aromatic carbocycles. The number of aliphatic hydroxyl groups excluding tert-OH is 1. The fraction of sp³-hybridized carbons (Fsp3) is 0.231. The molecular weight excluding hydrogens is 222 g/mol. The van der Waals surface area contributed by atoms with Gasteiger partial charge in [0.1, 0.15) is 0 Å². The van der Waals surface area contributed by atoms with Crippen LogP contribution in [0, 0.1) is 0 Å². The highest BCUT2D eigenvalue weighted by atomic mass is 35.5. The van der Waals surface area contributed by atoms with Crippen LogP contribution in [-0.2, 0) is 13.2 Å². The Balaban J connectivity index is 2.53. The smallest absolute Gasteiger partial charge is 0.0702 e. The average molecular weight is 236 g/mol. The van der Waals surface area contributed by atoms with Crippen LogP contribution >= 0.6 is 11.6 Å². The summed E-state index contributed by atoms with van der Waals surface area (Å²) in [4.78, 5) is 0. The number of benzene rings is 1. The Kier molecular flexibility index (Phi) is 3.32. The second-order valence-electron chi connectivity index (χ2n) is 3.91. The van der Waals surface area contributed by atoms with E-state index in [1.165, 1.54) is 0 Å². The molecule has 3 heteroatoms. The van der Waals surface area contributed by atoms with E-state index in [1.807, 2.05) is 31.3 Å². The van der Waals surface area contributed by atoms with Crippen molar-refractivity contribution in [2.75, 3.05) is 0 Å². The summed E-state index contributed by atoms with van der Waals surface area (Å²) in [6.45, 7) is 2.81. The molecule has 0 bridgehead atoms. The van der Waals surface area contributed by atoms with Crippen molar-refractivity contribution in [1.82, 2.24) is 4.57 Å². The number of fused-ring (bicyclic) bond motifs is 1. The SMILES string of the molecule is C/C(=C/Cl)Cn1cc(CO)c2ccccc21. The molecule has 0 fully saturated rings. The molecule has 16 heavy (non-hydrogen) atoms. The zero-order chi connectivity index (χ0) is 11.5. The summed E-state index contributed by atoms with van der Waals surface area (Å²) in [5.41, 5.74) is 4.77. The molecule has 0 saturated heterocycles. The number of hydrogen-bond donors (Lipinski definition) is 1. The third-order valence-corrected chi connectivity index (χ3v) is 3.02. The maximum atomic E-state index is 9.29. The zero-order valence-corrected chi connectivity index (χ0v) is 9.91. The number of halogens is 1. The maximum Gasteiger partial charge on any atom is 0.0702 e. The Labute approximate surface area is 99.8 Å². The molecule has 2 aromatic rings. The van der Waals surface area contributed by atoms with Gasteiger partial charge in [-0.2, -0.15) is 0 Å². The van der Waals surface area contributed by atoms with Gasteiger partial charge < -0.3 is 9.67 Å². The standard InChI is InChI=1S/C13H14ClNO/c1-10(6-14)7-15-8-11(9-16)12-4-2-3-5-13(12)15/h2-6,8,16H,7,9H2,1H3/b10-6-. The van der Waals surface area contributed by atoms with Crippen LogP contribution in [0.1, 0.15) is 12.5 Å². The van der Waals surface area contributed by atoms with Crippen molar-refractivity contribution in [2.45, 2.75) is 20.1 Å². The molecule has 0 aliphatic carbocycles. The monoisotopic (exact) mass is 235 g/mol. The lowest BCUT2D eigenvalue weighted by molar-refractivity contribution is 0.283. The normalized spacial score (nSPS) is 12.3. The summed E-state index contributed by atoms with van der Waals surface area (Å²) < 4.78 is 2.11. The van der Waals surface area contributed by atoms with E-state index in [-0.39, 0.29) is 6.61 Å². The Morgan fingerprint density at radius 1 is 1.44 bits per heavy atom. The molecule has 0 unspecified atom stereocenters. The molecule has 2 nitrogen and oxygen atoms in total. The first-order chi connectivity index (χ1) is 7.76. The average Bonchev–Trinajstić information content (AvgIpc) is 2.68. The molecule has 0 saturated carbocycles. The van der Waals surface area contributed by atoms with Crippen LogP contribution in [0.5, 0.6) is 0 Å². The molecule has 2 rings (SSSR count). The van der Waals surface area contributed by atoms with E-state index in [2.05, 4.69) is 10.6 Å². The maximum absolute atomic E-state index is 9.29. The van der Waals surface area contributed by atoms with E-state index in [0.717, 1.165) is 28.6 Å². The van der Waals surface area contributed by atoms with Crippen LogP contribution in [0.3, 0.4) is 0 Å². The predicted molar refractivity (Wildman–Crippen MR) is 67.5 cm³/mol. The molecule has 1 heterocycles. The first kappa shape index (κ1) is 11.2. The van der Waals surface area contributed by atoms with Gasteiger partial charge in [0.15, 0.2) is 0 Å². The largest absolute Gasteiger partial charge is 0.392 e. The number of aromatic nitrogens is 1. The molecule has 0 spiro atoms. The van der Waals surface area contributed by atoms with Gasteiger partial charge in [0.25, 0.3) is 0 Å². The van der Waals surface area contributed by atoms with Gasteiger partial charge in [-0.15, -0.1) is 0 Å². The molecule has 0 atom stereocenters. The van der Waals surface area contributed by atoms with E-state index in [4.69, 9.17) is 11.6 Å². The highest BCUT2D eigenvalue weighted by Gasteiger charge is 2.06. The number of rotatable bonds is 3. The third kappa shape index (κ3) is 1.99. The molecule has 1 aromatic heterocycles. The number of allylic oxidation sites excluding steroid dienone is 1. The van der Waals surface area contributed by atoms with Gasteiger partial charge in [-0.3, -0.25) is 0 Å². The summed E-state index contributed by atoms with van der Waals surface area (Å²) in [6, 6.07) is 8.06. The quantitative estimate of drug-likeness (QED) is 0.868. The summed E-state index contributed by atoms with van der Waals surface area (Å²) >= 11 is 5.67. The molecule has 84 valence electrons. The third-order valence-electron chi connectivity index (χ3n) is 2.65. The molecular formula is C13H14ClNO. The van der Waals surface area contributed by atoms with Crippen LogP contribution in [0.25, 0.3) is 10.9 Å². The second-order valence-corrected chi connectivity index (χ2v) is 4.13. The van der Waals surface area contributed by atoms with Crippen LogP contribution in [0.4, 0.5) is 0 Å². The lowest BCUT2D eigenvalue weighted by Gasteiger charge is -2.04. The van der Waals surface area contributed by atoms with Crippen LogP contribution in [-0.4, -0.2) is 9.67 Å². The number of aliphatic hydroxyl groups is 1. The summed E-state index contributed by atoms with van der Waals surface area (Å²) in [6.07, 6.45) is 1.98. The van der Waals surface area contributed by atoms with Crippen molar-refractivity contribution < 1.29 is 5.11 Å². The van der Waals surface area contributed by atoms with E-state index in [0.29, 0.717) is 0 Å². The fourth-order valence-corrected chi connectivity index (χ4v) is 1.95. The van der Waals surface area contributed by atoms with E-state index in [9.17, 15) is 5.11 Å². The lowest BCUT2D eigenvalue weighted by Crippen LogP contribution is -1.96. The Hall–Kier alpha value is -1.25. The van der Waals surface area contributed by atoms with Crippen molar-refractivity contribution in [3.63, 3.8) is 0 Å². The fourth-order valence-electron chi connectivity index (χ4n) is 1.88. The predicted octanol–water partition coefficient (Wildman–Crippen LogP) is 3.28. The van der Waals surface area contributed by atoms with Crippen molar-refractivity contribution in [2.24, 2.45) is 0 Å². The van der Waals surface area contributed by atoms with Crippen molar-refractivity contribution in [1.29, 1.82) is 0 Å².